The number of hydrogen-bond donors (Lipinski definition) is 0. The zero-order valence-electron chi connectivity index (χ0n) is 12.5. The molecule has 0 unspecified atom stereocenters. The molecular formula is C16H14F3N3O. The number of ether oxygens (including phenoxy) is 1. The van der Waals surface area contributed by atoms with Gasteiger partial charge >= 0.3 is 6.36 Å². The number of alkyl halides is 3. The number of fused-ring (bicyclic) bond motifs is 1. The van der Waals surface area contributed by atoms with Crippen molar-refractivity contribution in [2.24, 2.45) is 0 Å². The van der Waals surface area contributed by atoms with E-state index in [4.69, 9.17) is 0 Å². The van der Waals surface area contributed by atoms with Crippen LogP contribution in [0.3, 0.4) is 0 Å². The molecule has 7 heteroatoms. The largest absolute Gasteiger partial charge is 0.573 e. The lowest BCUT2D eigenvalue weighted by molar-refractivity contribution is -0.274. The fourth-order valence-electron chi connectivity index (χ4n) is 2.32. The molecule has 3 aromatic rings. The van der Waals surface area contributed by atoms with Crippen LogP contribution >= 0.6 is 0 Å². The van der Waals surface area contributed by atoms with E-state index in [0.717, 1.165) is 22.6 Å². The van der Waals surface area contributed by atoms with Crippen molar-refractivity contribution in [1.82, 2.24) is 14.6 Å². The smallest absolute Gasteiger partial charge is 0.406 e. The molecule has 120 valence electrons. The molecule has 0 spiro atoms. The van der Waals surface area contributed by atoms with Crippen LogP contribution in [-0.2, 0) is 0 Å². The van der Waals surface area contributed by atoms with E-state index in [1.54, 1.807) is 12.1 Å². The van der Waals surface area contributed by atoms with E-state index in [9.17, 15) is 13.2 Å². The van der Waals surface area contributed by atoms with E-state index in [-0.39, 0.29) is 11.7 Å². The van der Waals surface area contributed by atoms with E-state index in [1.165, 1.54) is 12.1 Å². The third-order valence-electron chi connectivity index (χ3n) is 3.37. The molecule has 0 aliphatic heterocycles. The molecule has 2 heterocycles. The van der Waals surface area contributed by atoms with Gasteiger partial charge in [-0.2, -0.15) is 0 Å². The van der Waals surface area contributed by atoms with Gasteiger partial charge in [0.25, 0.3) is 0 Å². The van der Waals surface area contributed by atoms with Gasteiger partial charge in [-0.15, -0.1) is 23.4 Å². The van der Waals surface area contributed by atoms with Crippen molar-refractivity contribution in [1.29, 1.82) is 0 Å². The van der Waals surface area contributed by atoms with E-state index in [2.05, 4.69) is 14.9 Å². The quantitative estimate of drug-likeness (QED) is 0.717. The highest BCUT2D eigenvalue weighted by atomic mass is 19.4. The molecule has 0 radical (unpaired) electrons. The first-order chi connectivity index (χ1) is 10.8. The summed E-state index contributed by atoms with van der Waals surface area (Å²) in [6.07, 6.45) is -2.81. The lowest BCUT2D eigenvalue weighted by Crippen LogP contribution is -2.16. The zero-order valence-corrected chi connectivity index (χ0v) is 12.5. The minimum Gasteiger partial charge on any atom is -0.406 e. The van der Waals surface area contributed by atoms with Gasteiger partial charge in [0.1, 0.15) is 11.6 Å². The third kappa shape index (κ3) is 3.28. The minimum atomic E-state index is -4.69. The molecule has 4 nitrogen and oxygen atoms in total. The second kappa shape index (κ2) is 5.57. The summed E-state index contributed by atoms with van der Waals surface area (Å²) in [4.78, 5) is 0. The Morgan fingerprint density at radius 1 is 0.957 bits per heavy atom. The van der Waals surface area contributed by atoms with E-state index in [1.807, 2.05) is 36.6 Å². The van der Waals surface area contributed by atoms with Crippen molar-refractivity contribution in [3.63, 3.8) is 0 Å². The highest BCUT2D eigenvalue weighted by Crippen LogP contribution is 2.27. The molecule has 1 aromatic carbocycles. The monoisotopic (exact) mass is 321 g/mol. The van der Waals surface area contributed by atoms with Crippen molar-refractivity contribution >= 4 is 5.65 Å². The fraction of sp³-hybridized carbons (Fsp3) is 0.250. The summed E-state index contributed by atoms with van der Waals surface area (Å²) in [6.45, 7) is 4.04. The molecule has 0 N–H and O–H groups in total. The normalized spacial score (nSPS) is 12.1. The summed E-state index contributed by atoms with van der Waals surface area (Å²) in [5.41, 5.74) is 2.37. The topological polar surface area (TPSA) is 39.4 Å². The Kier molecular flexibility index (Phi) is 3.71. The first kappa shape index (κ1) is 15.3. The van der Waals surface area contributed by atoms with E-state index in [0.29, 0.717) is 0 Å². The van der Waals surface area contributed by atoms with Crippen LogP contribution in [0.15, 0.2) is 42.6 Å². The lowest BCUT2D eigenvalue weighted by Gasteiger charge is -2.10. The van der Waals surface area contributed by atoms with Gasteiger partial charge in [-0.05, 0) is 35.4 Å². The molecule has 3 rings (SSSR count). The molecule has 2 aromatic heterocycles. The van der Waals surface area contributed by atoms with Crippen LogP contribution in [-0.4, -0.2) is 21.0 Å². The molecule has 23 heavy (non-hydrogen) atoms. The lowest BCUT2D eigenvalue weighted by atomic mass is 10.1. The van der Waals surface area contributed by atoms with Crippen molar-refractivity contribution in [3.8, 4) is 16.9 Å². The minimum absolute atomic E-state index is 0.211. The standard InChI is InChI=1S/C16H14F3N3O/c1-10(2)15-21-20-14-8-5-12(9-22(14)15)11-3-6-13(7-4-11)23-16(17,18)19/h3-10H,1-2H3. The number of aromatic nitrogens is 3. The summed E-state index contributed by atoms with van der Waals surface area (Å²) in [5, 5.41) is 8.25. The Morgan fingerprint density at radius 2 is 1.61 bits per heavy atom. The SMILES string of the molecule is CC(C)c1nnc2ccc(-c3ccc(OC(F)(F)F)cc3)cn12. The number of halogens is 3. The van der Waals surface area contributed by atoms with E-state index < -0.39 is 6.36 Å². The Hall–Kier alpha value is -2.57. The predicted octanol–water partition coefficient (Wildman–Crippen LogP) is 4.42. The molecule has 0 saturated carbocycles. The number of pyridine rings is 1. The first-order valence-corrected chi connectivity index (χ1v) is 7.04. The van der Waals surface area contributed by atoms with Gasteiger partial charge in [0, 0.05) is 12.1 Å². The van der Waals surface area contributed by atoms with Crippen LogP contribution in [0.2, 0.25) is 0 Å². The maximum absolute atomic E-state index is 12.2. The summed E-state index contributed by atoms with van der Waals surface area (Å²) in [7, 11) is 0. The average Bonchev–Trinajstić information content (AvgIpc) is 2.89. The molecule has 0 saturated heterocycles. The van der Waals surface area contributed by atoms with Crippen molar-refractivity contribution in [2.45, 2.75) is 26.1 Å². The molecule has 0 atom stereocenters. The van der Waals surface area contributed by atoms with Crippen molar-refractivity contribution in [2.75, 3.05) is 0 Å². The molecule has 0 aliphatic rings. The van der Waals surface area contributed by atoms with Crippen LogP contribution in [0, 0.1) is 0 Å². The summed E-state index contributed by atoms with van der Waals surface area (Å²) in [6, 6.07) is 9.44. The second-order valence-corrected chi connectivity index (χ2v) is 5.43. The zero-order chi connectivity index (χ0) is 16.6. The van der Waals surface area contributed by atoms with Gasteiger partial charge in [0.05, 0.1) is 0 Å². The summed E-state index contributed by atoms with van der Waals surface area (Å²) >= 11 is 0. The van der Waals surface area contributed by atoms with Gasteiger partial charge in [0.15, 0.2) is 5.65 Å². The molecule has 0 fully saturated rings. The van der Waals surface area contributed by atoms with Gasteiger partial charge in [-0.25, -0.2) is 0 Å². The second-order valence-electron chi connectivity index (χ2n) is 5.43. The predicted molar refractivity (Wildman–Crippen MR) is 79.2 cm³/mol. The summed E-state index contributed by atoms with van der Waals surface area (Å²) in [5.74, 6) is 0.802. The van der Waals surface area contributed by atoms with Gasteiger partial charge in [-0.3, -0.25) is 4.40 Å². The Balaban J connectivity index is 1.95. The highest BCUT2D eigenvalue weighted by molar-refractivity contribution is 5.65. The van der Waals surface area contributed by atoms with Crippen molar-refractivity contribution < 1.29 is 17.9 Å². The number of nitrogens with zero attached hydrogens (tertiary/aromatic N) is 3. The number of hydrogen-bond acceptors (Lipinski definition) is 3. The first-order valence-electron chi connectivity index (χ1n) is 7.04. The maximum atomic E-state index is 12.2. The van der Waals surface area contributed by atoms with Gasteiger partial charge in [-0.1, -0.05) is 26.0 Å². The average molecular weight is 321 g/mol. The summed E-state index contributed by atoms with van der Waals surface area (Å²) < 4.78 is 42.3. The van der Waals surface area contributed by atoms with Gasteiger partial charge < -0.3 is 4.74 Å². The molecule has 0 bridgehead atoms. The Labute approximate surface area is 130 Å². The van der Waals surface area contributed by atoms with Gasteiger partial charge in [0.2, 0.25) is 0 Å². The van der Waals surface area contributed by atoms with Crippen LogP contribution < -0.4 is 4.74 Å². The fourth-order valence-corrected chi connectivity index (χ4v) is 2.32. The maximum Gasteiger partial charge on any atom is 0.573 e. The van der Waals surface area contributed by atoms with Crippen molar-refractivity contribution in [3.05, 3.63) is 48.4 Å². The molecule has 0 amide bonds. The molecule has 0 aliphatic carbocycles. The van der Waals surface area contributed by atoms with Crippen LogP contribution in [0.4, 0.5) is 13.2 Å². The Morgan fingerprint density at radius 3 is 2.22 bits per heavy atom. The third-order valence-corrected chi connectivity index (χ3v) is 3.37. The highest BCUT2D eigenvalue weighted by Gasteiger charge is 2.30. The van der Waals surface area contributed by atoms with Crippen LogP contribution in [0.5, 0.6) is 5.75 Å². The molecular weight excluding hydrogens is 307 g/mol. The van der Waals surface area contributed by atoms with Crippen LogP contribution in [0.1, 0.15) is 25.6 Å². The number of rotatable bonds is 3. The Bertz CT molecular complexity index is 823. The van der Waals surface area contributed by atoms with Crippen LogP contribution in [0.25, 0.3) is 16.8 Å². The van der Waals surface area contributed by atoms with E-state index >= 15 is 0 Å². The number of benzene rings is 1.